The van der Waals surface area contributed by atoms with E-state index in [1.807, 2.05) is 0 Å². The number of ketones is 1. The van der Waals surface area contributed by atoms with Gasteiger partial charge in [-0.05, 0) is 44.9 Å². The molecule has 0 aromatic carbocycles. The highest BCUT2D eigenvalue weighted by Crippen LogP contribution is 2.45. The van der Waals surface area contributed by atoms with Crippen LogP contribution in [-0.2, 0) is 14.3 Å². The third-order valence-electron chi connectivity index (χ3n) is 4.72. The zero-order chi connectivity index (χ0) is 11.7. The summed E-state index contributed by atoms with van der Waals surface area (Å²) in [5.74, 6) is 0.874. The van der Waals surface area contributed by atoms with Gasteiger partial charge in [0.15, 0.2) is 0 Å². The van der Waals surface area contributed by atoms with Gasteiger partial charge in [0.2, 0.25) is 0 Å². The lowest BCUT2D eigenvalue weighted by Crippen LogP contribution is -2.48. The first-order chi connectivity index (χ1) is 8.29. The molecule has 2 heterocycles. The zero-order valence-corrected chi connectivity index (χ0v) is 10.5. The molecular formula is C14H22O3. The van der Waals surface area contributed by atoms with Crippen molar-refractivity contribution in [2.45, 2.75) is 50.5 Å². The highest BCUT2D eigenvalue weighted by molar-refractivity contribution is 5.83. The summed E-state index contributed by atoms with van der Waals surface area (Å²) in [5, 5.41) is 0. The van der Waals surface area contributed by atoms with Crippen LogP contribution in [0.5, 0.6) is 0 Å². The summed E-state index contributed by atoms with van der Waals surface area (Å²) in [4.78, 5) is 12.4. The lowest BCUT2D eigenvalue weighted by Gasteiger charge is -2.47. The number of carbonyl (C=O) groups is 1. The molecule has 1 spiro atoms. The Balaban J connectivity index is 1.60. The average Bonchev–Trinajstić information content (AvgIpc) is 2.37. The van der Waals surface area contributed by atoms with Crippen molar-refractivity contribution in [3.05, 3.63) is 0 Å². The molecule has 17 heavy (non-hydrogen) atoms. The van der Waals surface area contributed by atoms with Gasteiger partial charge in [-0.25, -0.2) is 0 Å². The first-order valence-electron chi connectivity index (χ1n) is 7.05. The van der Waals surface area contributed by atoms with Gasteiger partial charge < -0.3 is 9.47 Å². The minimum Gasteiger partial charge on any atom is -0.381 e. The Labute approximate surface area is 103 Å². The van der Waals surface area contributed by atoms with Gasteiger partial charge in [0.05, 0.1) is 12.2 Å². The molecule has 2 atom stereocenters. The SMILES string of the molecule is O=C(C1CCCOC1)C1CCOC2(CCC2)C1. The van der Waals surface area contributed by atoms with Crippen molar-refractivity contribution in [3.63, 3.8) is 0 Å². The molecule has 0 bridgehead atoms. The molecule has 0 N–H and O–H groups in total. The van der Waals surface area contributed by atoms with Gasteiger partial charge in [0, 0.05) is 25.0 Å². The normalized spacial score (nSPS) is 36.5. The van der Waals surface area contributed by atoms with Crippen LogP contribution in [0.15, 0.2) is 0 Å². The number of rotatable bonds is 2. The molecule has 3 nitrogen and oxygen atoms in total. The average molecular weight is 238 g/mol. The van der Waals surface area contributed by atoms with Gasteiger partial charge in [-0.15, -0.1) is 0 Å². The van der Waals surface area contributed by atoms with Crippen molar-refractivity contribution >= 4 is 5.78 Å². The van der Waals surface area contributed by atoms with Crippen molar-refractivity contribution in [1.29, 1.82) is 0 Å². The number of hydrogen-bond donors (Lipinski definition) is 0. The molecular weight excluding hydrogens is 216 g/mol. The highest BCUT2D eigenvalue weighted by Gasteiger charge is 2.45. The molecule has 0 amide bonds. The zero-order valence-electron chi connectivity index (χ0n) is 10.5. The van der Waals surface area contributed by atoms with Crippen LogP contribution in [0.2, 0.25) is 0 Å². The van der Waals surface area contributed by atoms with E-state index in [4.69, 9.17) is 9.47 Å². The van der Waals surface area contributed by atoms with Crippen LogP contribution in [0.3, 0.4) is 0 Å². The number of carbonyl (C=O) groups excluding carboxylic acids is 1. The Morgan fingerprint density at radius 2 is 1.94 bits per heavy atom. The minimum atomic E-state index is 0.0914. The van der Waals surface area contributed by atoms with E-state index in [1.54, 1.807) is 0 Å². The molecule has 3 aliphatic rings. The van der Waals surface area contributed by atoms with Crippen molar-refractivity contribution in [2.24, 2.45) is 11.8 Å². The van der Waals surface area contributed by atoms with E-state index in [0.29, 0.717) is 12.4 Å². The molecule has 0 radical (unpaired) electrons. The molecule has 0 aromatic rings. The van der Waals surface area contributed by atoms with Crippen LogP contribution in [0.25, 0.3) is 0 Å². The lowest BCUT2D eigenvalue weighted by molar-refractivity contribution is -0.159. The molecule has 2 saturated heterocycles. The maximum atomic E-state index is 12.4. The van der Waals surface area contributed by atoms with E-state index >= 15 is 0 Å². The minimum absolute atomic E-state index is 0.0914. The van der Waals surface area contributed by atoms with Gasteiger partial charge in [0.1, 0.15) is 5.78 Å². The van der Waals surface area contributed by atoms with Gasteiger partial charge in [-0.3, -0.25) is 4.79 Å². The van der Waals surface area contributed by atoms with Crippen molar-refractivity contribution in [1.82, 2.24) is 0 Å². The van der Waals surface area contributed by atoms with Crippen molar-refractivity contribution in [2.75, 3.05) is 19.8 Å². The van der Waals surface area contributed by atoms with Gasteiger partial charge in [-0.2, -0.15) is 0 Å². The summed E-state index contributed by atoms with van der Waals surface area (Å²) in [6.45, 7) is 2.27. The van der Waals surface area contributed by atoms with E-state index in [1.165, 1.54) is 6.42 Å². The predicted molar refractivity (Wildman–Crippen MR) is 63.8 cm³/mol. The summed E-state index contributed by atoms with van der Waals surface area (Å²) >= 11 is 0. The van der Waals surface area contributed by atoms with Crippen LogP contribution in [0.4, 0.5) is 0 Å². The molecule has 3 fully saturated rings. The quantitative estimate of drug-likeness (QED) is 0.740. The van der Waals surface area contributed by atoms with Gasteiger partial charge in [-0.1, -0.05) is 0 Å². The Hall–Kier alpha value is -0.410. The molecule has 3 rings (SSSR count). The Kier molecular flexibility index (Phi) is 3.22. The van der Waals surface area contributed by atoms with Gasteiger partial charge in [0.25, 0.3) is 0 Å². The summed E-state index contributed by atoms with van der Waals surface area (Å²) < 4.78 is 11.3. The number of hydrogen-bond acceptors (Lipinski definition) is 3. The van der Waals surface area contributed by atoms with E-state index in [0.717, 1.165) is 51.7 Å². The molecule has 2 unspecified atom stereocenters. The van der Waals surface area contributed by atoms with Crippen molar-refractivity contribution < 1.29 is 14.3 Å². The van der Waals surface area contributed by atoms with E-state index in [-0.39, 0.29) is 17.4 Å². The molecule has 2 aliphatic heterocycles. The maximum Gasteiger partial charge on any atom is 0.141 e. The molecule has 1 saturated carbocycles. The first-order valence-corrected chi connectivity index (χ1v) is 7.05. The smallest absolute Gasteiger partial charge is 0.141 e. The maximum absolute atomic E-state index is 12.4. The Bertz CT molecular complexity index is 290. The van der Waals surface area contributed by atoms with E-state index in [9.17, 15) is 4.79 Å². The second-order valence-corrected chi connectivity index (χ2v) is 5.89. The monoisotopic (exact) mass is 238 g/mol. The summed E-state index contributed by atoms with van der Waals surface area (Å²) in [6.07, 6.45) is 7.58. The van der Waals surface area contributed by atoms with Crippen LogP contribution < -0.4 is 0 Å². The fraction of sp³-hybridized carbons (Fsp3) is 0.929. The predicted octanol–water partition coefficient (Wildman–Crippen LogP) is 2.33. The summed E-state index contributed by atoms with van der Waals surface area (Å²) in [7, 11) is 0. The largest absolute Gasteiger partial charge is 0.381 e. The van der Waals surface area contributed by atoms with Crippen LogP contribution in [-0.4, -0.2) is 31.2 Å². The van der Waals surface area contributed by atoms with E-state index in [2.05, 4.69) is 0 Å². The molecule has 1 aliphatic carbocycles. The second kappa shape index (κ2) is 4.69. The van der Waals surface area contributed by atoms with E-state index < -0.39 is 0 Å². The fourth-order valence-electron chi connectivity index (χ4n) is 3.49. The molecule has 3 heteroatoms. The van der Waals surface area contributed by atoms with Gasteiger partial charge >= 0.3 is 0 Å². The van der Waals surface area contributed by atoms with Crippen LogP contribution in [0, 0.1) is 11.8 Å². The topological polar surface area (TPSA) is 35.5 Å². The third kappa shape index (κ3) is 2.27. The Morgan fingerprint density at radius 3 is 2.59 bits per heavy atom. The number of Topliss-reactive ketones (excluding diaryl/α,β-unsaturated/α-hetero) is 1. The standard InChI is InChI=1S/C14H22O3/c15-13(12-3-1-7-16-10-12)11-4-8-17-14(9-11)5-2-6-14/h11-12H,1-10H2. The van der Waals surface area contributed by atoms with Crippen molar-refractivity contribution in [3.8, 4) is 0 Å². The number of ether oxygens (including phenoxy) is 2. The first kappa shape index (κ1) is 11.7. The third-order valence-corrected chi connectivity index (χ3v) is 4.72. The van der Waals surface area contributed by atoms with Crippen LogP contribution >= 0.6 is 0 Å². The fourth-order valence-corrected chi connectivity index (χ4v) is 3.49. The Morgan fingerprint density at radius 1 is 1.06 bits per heavy atom. The molecule has 96 valence electrons. The lowest BCUT2D eigenvalue weighted by atomic mass is 9.69. The summed E-state index contributed by atoms with van der Waals surface area (Å²) in [5.41, 5.74) is 0.0914. The molecule has 0 aromatic heterocycles. The van der Waals surface area contributed by atoms with Crippen LogP contribution in [0.1, 0.15) is 44.9 Å². The summed E-state index contributed by atoms with van der Waals surface area (Å²) in [6, 6.07) is 0. The second-order valence-electron chi connectivity index (χ2n) is 5.89. The highest BCUT2D eigenvalue weighted by atomic mass is 16.5.